The Morgan fingerprint density at radius 1 is 1.40 bits per heavy atom. The van der Waals surface area contributed by atoms with Gasteiger partial charge in [-0.1, -0.05) is 0 Å². The molecule has 82 valence electrons. The third-order valence-corrected chi connectivity index (χ3v) is 1.54. The van der Waals surface area contributed by atoms with Crippen molar-refractivity contribution in [2.75, 3.05) is 19.8 Å². The van der Waals surface area contributed by atoms with Crippen LogP contribution in [0.3, 0.4) is 0 Å². The summed E-state index contributed by atoms with van der Waals surface area (Å²) in [6.45, 7) is 3.36. The third kappa shape index (κ3) is 3.90. The zero-order valence-electron chi connectivity index (χ0n) is 8.34. The fourth-order valence-corrected chi connectivity index (χ4v) is 0.861. The van der Waals surface area contributed by atoms with E-state index in [0.717, 1.165) is 0 Å². The van der Waals surface area contributed by atoms with Gasteiger partial charge in [0.1, 0.15) is 6.61 Å². The highest BCUT2D eigenvalue weighted by Crippen LogP contribution is 2.04. The summed E-state index contributed by atoms with van der Waals surface area (Å²) in [4.78, 5) is 10.4. The molecule has 0 spiro atoms. The van der Waals surface area contributed by atoms with Crippen LogP contribution in [0.5, 0.6) is 5.88 Å². The minimum atomic E-state index is -1.11. The number of hydrogen-bond acceptors (Lipinski definition) is 5. The lowest BCUT2D eigenvalue weighted by molar-refractivity contribution is 0.0688. The highest BCUT2D eigenvalue weighted by Gasteiger charge is 2.04. The first-order valence-electron chi connectivity index (χ1n) is 4.51. The number of carboxylic acid groups (broad SMARTS) is 1. The number of ether oxygens (including phenoxy) is 2. The van der Waals surface area contributed by atoms with E-state index in [1.54, 1.807) is 0 Å². The highest BCUT2D eigenvalue weighted by atomic mass is 16.5. The van der Waals surface area contributed by atoms with E-state index in [9.17, 15) is 4.79 Å². The molecule has 6 nitrogen and oxygen atoms in total. The molecule has 1 N–H and O–H groups in total. The lowest BCUT2D eigenvalue weighted by Gasteiger charge is -2.03. The van der Waals surface area contributed by atoms with Crippen molar-refractivity contribution >= 4 is 5.97 Å². The number of aromatic nitrogens is 2. The first kappa shape index (κ1) is 11.4. The smallest absolute Gasteiger partial charge is 0.356 e. The molecule has 1 heterocycles. The van der Waals surface area contributed by atoms with Gasteiger partial charge < -0.3 is 14.6 Å². The maximum Gasteiger partial charge on any atom is 0.356 e. The molecule has 0 atom stereocenters. The van der Waals surface area contributed by atoms with E-state index in [1.165, 1.54) is 12.1 Å². The summed E-state index contributed by atoms with van der Waals surface area (Å²) < 4.78 is 10.2. The molecule has 1 aromatic rings. The molecule has 0 aliphatic carbocycles. The van der Waals surface area contributed by atoms with Crippen molar-refractivity contribution in [3.05, 3.63) is 17.8 Å². The molecule has 0 aliphatic heterocycles. The average molecular weight is 212 g/mol. The predicted molar refractivity (Wildman–Crippen MR) is 51.0 cm³/mol. The molecule has 0 saturated heterocycles. The van der Waals surface area contributed by atoms with Crippen molar-refractivity contribution in [1.82, 2.24) is 10.2 Å². The normalized spacial score (nSPS) is 9.93. The second-order valence-corrected chi connectivity index (χ2v) is 2.61. The monoisotopic (exact) mass is 212 g/mol. The number of carbonyl (C=O) groups is 1. The van der Waals surface area contributed by atoms with Gasteiger partial charge >= 0.3 is 5.97 Å². The Bertz CT molecular complexity index is 312. The highest BCUT2D eigenvalue weighted by molar-refractivity contribution is 5.84. The van der Waals surface area contributed by atoms with Crippen LogP contribution in [0.4, 0.5) is 0 Å². The molecule has 0 aromatic carbocycles. The van der Waals surface area contributed by atoms with Crippen molar-refractivity contribution < 1.29 is 19.4 Å². The van der Waals surface area contributed by atoms with Gasteiger partial charge in [0, 0.05) is 12.7 Å². The van der Waals surface area contributed by atoms with Gasteiger partial charge in [0.25, 0.3) is 0 Å². The summed E-state index contributed by atoms with van der Waals surface area (Å²) in [5.41, 5.74) is -0.104. The Balaban J connectivity index is 2.39. The van der Waals surface area contributed by atoms with E-state index in [0.29, 0.717) is 25.7 Å². The van der Waals surface area contributed by atoms with E-state index < -0.39 is 5.97 Å². The molecule has 0 aliphatic rings. The minimum absolute atomic E-state index is 0.104. The van der Waals surface area contributed by atoms with E-state index >= 15 is 0 Å². The second-order valence-electron chi connectivity index (χ2n) is 2.61. The lowest BCUT2D eigenvalue weighted by atomic mass is 10.4. The molecule has 0 radical (unpaired) electrons. The van der Waals surface area contributed by atoms with Gasteiger partial charge in [-0.3, -0.25) is 0 Å². The molecule has 6 heteroatoms. The summed E-state index contributed by atoms with van der Waals surface area (Å²) >= 11 is 0. The fourth-order valence-electron chi connectivity index (χ4n) is 0.861. The summed E-state index contributed by atoms with van der Waals surface area (Å²) in [5.74, 6) is -0.817. The molecule has 0 bridgehead atoms. The molecular weight excluding hydrogens is 200 g/mol. The molecule has 0 unspecified atom stereocenters. The Morgan fingerprint density at radius 2 is 2.20 bits per heavy atom. The molecule has 15 heavy (non-hydrogen) atoms. The number of carboxylic acids is 1. The Labute approximate surface area is 86.8 Å². The summed E-state index contributed by atoms with van der Waals surface area (Å²) in [6.07, 6.45) is 0. The van der Waals surface area contributed by atoms with Crippen LogP contribution in [-0.4, -0.2) is 41.1 Å². The van der Waals surface area contributed by atoms with Crippen molar-refractivity contribution in [2.24, 2.45) is 0 Å². The molecule has 0 saturated carbocycles. The summed E-state index contributed by atoms with van der Waals surface area (Å²) in [7, 11) is 0. The average Bonchev–Trinajstić information content (AvgIpc) is 2.25. The number of nitrogens with zero attached hydrogens (tertiary/aromatic N) is 2. The van der Waals surface area contributed by atoms with Crippen LogP contribution in [0.25, 0.3) is 0 Å². The van der Waals surface area contributed by atoms with Crippen LogP contribution in [-0.2, 0) is 4.74 Å². The lowest BCUT2D eigenvalue weighted by Crippen LogP contribution is -2.08. The van der Waals surface area contributed by atoms with Crippen molar-refractivity contribution in [1.29, 1.82) is 0 Å². The van der Waals surface area contributed by atoms with Gasteiger partial charge in [-0.05, 0) is 13.0 Å². The zero-order valence-corrected chi connectivity index (χ0v) is 8.34. The van der Waals surface area contributed by atoms with E-state index in [4.69, 9.17) is 14.6 Å². The number of rotatable bonds is 6. The Morgan fingerprint density at radius 3 is 2.73 bits per heavy atom. The number of aromatic carboxylic acids is 1. The van der Waals surface area contributed by atoms with E-state index in [1.807, 2.05) is 6.92 Å². The van der Waals surface area contributed by atoms with Crippen LogP contribution in [0.15, 0.2) is 12.1 Å². The third-order valence-electron chi connectivity index (χ3n) is 1.54. The van der Waals surface area contributed by atoms with Crippen molar-refractivity contribution in [2.45, 2.75) is 6.92 Å². The second kappa shape index (κ2) is 5.92. The first-order chi connectivity index (χ1) is 7.24. The Kier molecular flexibility index (Phi) is 4.49. The topological polar surface area (TPSA) is 81.5 Å². The molecule has 1 rings (SSSR count). The van der Waals surface area contributed by atoms with E-state index in [2.05, 4.69) is 10.2 Å². The standard InChI is InChI=1S/C9H12N2O4/c1-2-14-5-6-15-8-4-3-7(9(12)13)10-11-8/h3-4H,2,5-6H2,1H3,(H,12,13). The van der Waals surface area contributed by atoms with Crippen molar-refractivity contribution in [3.8, 4) is 5.88 Å². The molecular formula is C9H12N2O4. The van der Waals surface area contributed by atoms with Crippen molar-refractivity contribution in [3.63, 3.8) is 0 Å². The summed E-state index contributed by atoms with van der Waals surface area (Å²) in [6, 6.07) is 2.80. The van der Waals surface area contributed by atoms with Crippen LogP contribution in [0.2, 0.25) is 0 Å². The molecule has 0 fully saturated rings. The quantitative estimate of drug-likeness (QED) is 0.695. The number of hydrogen-bond donors (Lipinski definition) is 1. The van der Waals surface area contributed by atoms with Crippen LogP contribution in [0.1, 0.15) is 17.4 Å². The molecule has 0 amide bonds. The van der Waals surface area contributed by atoms with Crippen LogP contribution < -0.4 is 4.74 Å². The summed E-state index contributed by atoms with van der Waals surface area (Å²) in [5, 5.41) is 15.6. The Hall–Kier alpha value is -1.69. The van der Waals surface area contributed by atoms with Crippen LogP contribution >= 0.6 is 0 Å². The van der Waals surface area contributed by atoms with Gasteiger partial charge in [0.2, 0.25) is 5.88 Å². The van der Waals surface area contributed by atoms with Gasteiger partial charge in [-0.2, -0.15) is 0 Å². The van der Waals surface area contributed by atoms with Gasteiger partial charge in [0.05, 0.1) is 6.61 Å². The van der Waals surface area contributed by atoms with E-state index in [-0.39, 0.29) is 5.69 Å². The SMILES string of the molecule is CCOCCOc1ccc(C(=O)O)nn1. The predicted octanol–water partition coefficient (Wildman–Crippen LogP) is 0.590. The maximum atomic E-state index is 10.4. The first-order valence-corrected chi connectivity index (χ1v) is 4.51. The maximum absolute atomic E-state index is 10.4. The van der Waals surface area contributed by atoms with Gasteiger partial charge in [-0.15, -0.1) is 10.2 Å². The minimum Gasteiger partial charge on any atom is -0.476 e. The zero-order chi connectivity index (χ0) is 11.1. The molecule has 1 aromatic heterocycles. The largest absolute Gasteiger partial charge is 0.476 e. The van der Waals surface area contributed by atoms with Crippen LogP contribution in [0, 0.1) is 0 Å². The van der Waals surface area contributed by atoms with Gasteiger partial charge in [0.15, 0.2) is 5.69 Å². The fraction of sp³-hybridized carbons (Fsp3) is 0.444. The van der Waals surface area contributed by atoms with Gasteiger partial charge in [-0.25, -0.2) is 4.79 Å².